The van der Waals surface area contributed by atoms with Gasteiger partial charge in [0.25, 0.3) is 11.6 Å². The third-order valence-corrected chi connectivity index (χ3v) is 3.53. The average Bonchev–Trinajstić information content (AvgIpc) is 2.55. The summed E-state index contributed by atoms with van der Waals surface area (Å²) in [5.74, 6) is -2.13. The second-order valence-corrected chi connectivity index (χ2v) is 5.54. The van der Waals surface area contributed by atoms with E-state index in [9.17, 15) is 24.5 Å². The monoisotopic (exact) mass is 371 g/mol. The molecule has 0 heterocycles. The number of unbranched alkanes of at least 4 members (excludes halogenated alkanes) is 2. The van der Waals surface area contributed by atoms with Crippen molar-refractivity contribution in [2.24, 2.45) is 0 Å². The molecule has 0 radical (unpaired) electrons. The van der Waals surface area contributed by atoms with Crippen LogP contribution in [0.2, 0.25) is 5.02 Å². The SMILES string of the molecule is O=C(O)CCCCCNC(=O)CNC(=O)c1c(Cl)cccc1[N+](=O)[O-]. The zero-order valence-corrected chi connectivity index (χ0v) is 14.0. The van der Waals surface area contributed by atoms with E-state index in [-0.39, 0.29) is 23.6 Å². The lowest BCUT2D eigenvalue weighted by Gasteiger charge is -2.08. The predicted molar refractivity (Wildman–Crippen MR) is 89.6 cm³/mol. The number of carboxylic acid groups (broad SMARTS) is 1. The van der Waals surface area contributed by atoms with Crippen LogP contribution in [0, 0.1) is 10.1 Å². The molecule has 3 N–H and O–H groups in total. The molecular formula is C15H18ClN3O6. The van der Waals surface area contributed by atoms with E-state index in [2.05, 4.69) is 10.6 Å². The van der Waals surface area contributed by atoms with Crippen LogP contribution in [0.5, 0.6) is 0 Å². The number of hydrogen-bond acceptors (Lipinski definition) is 5. The Balaban J connectivity index is 2.41. The number of rotatable bonds is 10. The fourth-order valence-electron chi connectivity index (χ4n) is 2.01. The molecule has 0 saturated carbocycles. The van der Waals surface area contributed by atoms with E-state index in [1.165, 1.54) is 12.1 Å². The molecule has 10 heteroatoms. The van der Waals surface area contributed by atoms with Crippen molar-refractivity contribution in [2.75, 3.05) is 13.1 Å². The van der Waals surface area contributed by atoms with Gasteiger partial charge < -0.3 is 15.7 Å². The number of nitrogens with one attached hydrogen (secondary N) is 2. The van der Waals surface area contributed by atoms with E-state index >= 15 is 0 Å². The average molecular weight is 372 g/mol. The minimum Gasteiger partial charge on any atom is -0.481 e. The van der Waals surface area contributed by atoms with Crippen molar-refractivity contribution in [3.8, 4) is 0 Å². The first kappa shape index (κ1) is 20.4. The molecule has 0 aliphatic rings. The summed E-state index contributed by atoms with van der Waals surface area (Å²) in [6, 6.07) is 3.85. The molecule has 2 amide bonds. The summed E-state index contributed by atoms with van der Waals surface area (Å²) >= 11 is 5.83. The second-order valence-electron chi connectivity index (χ2n) is 5.13. The zero-order valence-electron chi connectivity index (χ0n) is 13.3. The molecule has 0 aromatic heterocycles. The van der Waals surface area contributed by atoms with E-state index in [1.807, 2.05) is 0 Å². The lowest BCUT2D eigenvalue weighted by atomic mass is 10.1. The normalized spacial score (nSPS) is 10.1. The van der Waals surface area contributed by atoms with Gasteiger partial charge in [0.1, 0.15) is 5.56 Å². The van der Waals surface area contributed by atoms with Gasteiger partial charge in [-0.05, 0) is 18.9 Å². The van der Waals surface area contributed by atoms with E-state index in [1.54, 1.807) is 0 Å². The van der Waals surface area contributed by atoms with Crippen LogP contribution in [0.3, 0.4) is 0 Å². The molecule has 1 aromatic carbocycles. The molecule has 0 aliphatic carbocycles. The first-order chi connectivity index (χ1) is 11.8. The highest BCUT2D eigenvalue weighted by Gasteiger charge is 2.23. The van der Waals surface area contributed by atoms with Gasteiger partial charge >= 0.3 is 5.97 Å². The molecule has 0 bridgehead atoms. The van der Waals surface area contributed by atoms with E-state index < -0.39 is 28.4 Å². The number of benzene rings is 1. The fourth-order valence-corrected chi connectivity index (χ4v) is 2.26. The van der Waals surface area contributed by atoms with Crippen LogP contribution < -0.4 is 10.6 Å². The summed E-state index contributed by atoms with van der Waals surface area (Å²) < 4.78 is 0. The number of aliphatic carboxylic acids is 1. The summed E-state index contributed by atoms with van der Waals surface area (Å²) in [7, 11) is 0. The molecule has 9 nitrogen and oxygen atoms in total. The summed E-state index contributed by atoms with van der Waals surface area (Å²) in [5, 5.41) is 24.2. The molecule has 25 heavy (non-hydrogen) atoms. The highest BCUT2D eigenvalue weighted by atomic mass is 35.5. The first-order valence-corrected chi connectivity index (χ1v) is 7.90. The predicted octanol–water partition coefficient (Wildman–Crippen LogP) is 1.74. The third-order valence-electron chi connectivity index (χ3n) is 3.21. The minimum absolute atomic E-state index is 0.0782. The maximum Gasteiger partial charge on any atom is 0.303 e. The summed E-state index contributed by atoms with van der Waals surface area (Å²) in [6.45, 7) is -0.00307. The number of amides is 2. The Hall–Kier alpha value is -2.68. The molecule has 0 atom stereocenters. The summed E-state index contributed by atoms with van der Waals surface area (Å²) in [5.41, 5.74) is -0.737. The van der Waals surface area contributed by atoms with E-state index in [0.29, 0.717) is 25.8 Å². The summed E-state index contributed by atoms with van der Waals surface area (Å²) in [4.78, 5) is 44.2. The lowest BCUT2D eigenvalue weighted by Crippen LogP contribution is -2.37. The van der Waals surface area contributed by atoms with Gasteiger partial charge in [-0.1, -0.05) is 24.1 Å². The highest BCUT2D eigenvalue weighted by Crippen LogP contribution is 2.25. The van der Waals surface area contributed by atoms with Crippen molar-refractivity contribution in [2.45, 2.75) is 25.7 Å². The molecule has 0 aliphatic heterocycles. The van der Waals surface area contributed by atoms with Crippen LogP contribution in [-0.4, -0.2) is 40.9 Å². The molecule has 1 aromatic rings. The van der Waals surface area contributed by atoms with Gasteiger partial charge in [-0.15, -0.1) is 0 Å². The topological polar surface area (TPSA) is 139 Å². The number of carbonyl (C=O) groups is 3. The Bertz CT molecular complexity index is 665. The van der Waals surface area contributed by atoms with E-state index in [4.69, 9.17) is 16.7 Å². The molecule has 0 spiro atoms. The molecule has 0 saturated heterocycles. The number of nitrogens with zero attached hydrogens (tertiary/aromatic N) is 1. The van der Waals surface area contributed by atoms with Gasteiger partial charge in [-0.3, -0.25) is 24.5 Å². The maximum absolute atomic E-state index is 12.0. The number of nitro benzene ring substituents is 1. The molecule has 136 valence electrons. The first-order valence-electron chi connectivity index (χ1n) is 7.52. The Morgan fingerprint density at radius 3 is 2.52 bits per heavy atom. The van der Waals surface area contributed by atoms with Crippen LogP contribution in [0.25, 0.3) is 0 Å². The van der Waals surface area contributed by atoms with Gasteiger partial charge in [0, 0.05) is 19.0 Å². The molecule has 1 rings (SSSR count). The number of carbonyl (C=O) groups excluding carboxylic acids is 2. The molecular weight excluding hydrogens is 354 g/mol. The Morgan fingerprint density at radius 1 is 1.16 bits per heavy atom. The van der Waals surface area contributed by atoms with Crippen molar-refractivity contribution in [1.29, 1.82) is 0 Å². The van der Waals surface area contributed by atoms with Crippen LogP contribution in [0.15, 0.2) is 18.2 Å². The second kappa shape index (κ2) is 10.2. The zero-order chi connectivity index (χ0) is 18.8. The van der Waals surface area contributed by atoms with Gasteiger partial charge in [0.05, 0.1) is 16.5 Å². The minimum atomic E-state index is -0.861. The third kappa shape index (κ3) is 7.17. The Morgan fingerprint density at radius 2 is 1.88 bits per heavy atom. The van der Waals surface area contributed by atoms with Gasteiger partial charge in [0.2, 0.25) is 5.91 Å². The standard InChI is InChI=1S/C15H18ClN3O6/c16-10-5-4-6-11(19(24)25)14(10)15(23)18-9-12(20)17-8-3-1-2-7-13(21)22/h4-6H,1-3,7-9H2,(H,17,20)(H,18,23)(H,21,22). The van der Waals surface area contributed by atoms with Crippen LogP contribution in [0.4, 0.5) is 5.69 Å². The maximum atomic E-state index is 12.0. The number of nitro groups is 1. The van der Waals surface area contributed by atoms with E-state index in [0.717, 1.165) is 6.07 Å². The van der Waals surface area contributed by atoms with Crippen molar-refractivity contribution in [3.05, 3.63) is 38.9 Å². The van der Waals surface area contributed by atoms with Crippen LogP contribution in [0.1, 0.15) is 36.0 Å². The number of halogens is 1. The quantitative estimate of drug-likeness (QED) is 0.325. The van der Waals surface area contributed by atoms with Crippen molar-refractivity contribution < 1.29 is 24.4 Å². The lowest BCUT2D eigenvalue weighted by molar-refractivity contribution is -0.385. The molecule has 0 fully saturated rings. The number of carboxylic acids is 1. The smallest absolute Gasteiger partial charge is 0.303 e. The van der Waals surface area contributed by atoms with Gasteiger partial charge in [0.15, 0.2) is 0 Å². The Labute approximate surface area is 148 Å². The number of hydrogen-bond donors (Lipinski definition) is 3. The van der Waals surface area contributed by atoms with Crippen molar-refractivity contribution in [3.63, 3.8) is 0 Å². The fraction of sp³-hybridized carbons (Fsp3) is 0.400. The van der Waals surface area contributed by atoms with Gasteiger partial charge in [-0.25, -0.2) is 0 Å². The van der Waals surface area contributed by atoms with Crippen LogP contribution in [-0.2, 0) is 9.59 Å². The van der Waals surface area contributed by atoms with Crippen LogP contribution >= 0.6 is 11.6 Å². The van der Waals surface area contributed by atoms with Crippen molar-refractivity contribution >= 4 is 35.1 Å². The van der Waals surface area contributed by atoms with Crippen molar-refractivity contribution in [1.82, 2.24) is 10.6 Å². The largest absolute Gasteiger partial charge is 0.481 e. The highest BCUT2D eigenvalue weighted by molar-refractivity contribution is 6.34. The molecule has 0 unspecified atom stereocenters. The Kier molecular flexibility index (Phi) is 8.34. The van der Waals surface area contributed by atoms with Gasteiger partial charge in [-0.2, -0.15) is 0 Å². The summed E-state index contributed by atoms with van der Waals surface area (Å²) in [6.07, 6.45) is 1.88.